The predicted molar refractivity (Wildman–Crippen MR) is 69.8 cm³/mol. The topological polar surface area (TPSA) is 26.3 Å². The third kappa shape index (κ3) is 2.71. The standard InChI is InChI=1S/C12H15IO2/c1-12(2,3)9-5-8(7-14)6-10(13)11(9)15-4/h5-7H,1-4H3. The molecule has 1 rings (SSSR count). The van der Waals surface area contributed by atoms with Gasteiger partial charge in [-0.3, -0.25) is 4.79 Å². The van der Waals surface area contributed by atoms with E-state index in [9.17, 15) is 4.79 Å². The van der Waals surface area contributed by atoms with Crippen molar-refractivity contribution in [2.24, 2.45) is 0 Å². The van der Waals surface area contributed by atoms with Crippen LogP contribution in [0.1, 0.15) is 36.7 Å². The lowest BCUT2D eigenvalue weighted by Crippen LogP contribution is -2.14. The van der Waals surface area contributed by atoms with Gasteiger partial charge in [0.25, 0.3) is 0 Å². The average molecular weight is 318 g/mol. The molecule has 82 valence electrons. The highest BCUT2D eigenvalue weighted by atomic mass is 127. The lowest BCUT2D eigenvalue weighted by Gasteiger charge is -2.23. The monoisotopic (exact) mass is 318 g/mol. The van der Waals surface area contributed by atoms with Crippen molar-refractivity contribution in [3.63, 3.8) is 0 Å². The number of carbonyl (C=O) groups excluding carboxylic acids is 1. The summed E-state index contributed by atoms with van der Waals surface area (Å²) < 4.78 is 6.36. The molecule has 1 aromatic carbocycles. The normalized spacial score (nSPS) is 11.3. The van der Waals surface area contributed by atoms with Gasteiger partial charge in [-0.25, -0.2) is 0 Å². The molecular formula is C12H15IO2. The average Bonchev–Trinajstić information content (AvgIpc) is 2.15. The van der Waals surface area contributed by atoms with Gasteiger partial charge in [0.1, 0.15) is 12.0 Å². The van der Waals surface area contributed by atoms with Gasteiger partial charge in [0, 0.05) is 11.1 Å². The Morgan fingerprint density at radius 3 is 2.33 bits per heavy atom. The number of aldehydes is 1. The Morgan fingerprint density at radius 2 is 1.93 bits per heavy atom. The van der Waals surface area contributed by atoms with E-state index in [0.29, 0.717) is 5.56 Å². The van der Waals surface area contributed by atoms with Gasteiger partial charge < -0.3 is 4.74 Å². The molecule has 0 aliphatic heterocycles. The zero-order chi connectivity index (χ0) is 11.6. The van der Waals surface area contributed by atoms with Gasteiger partial charge in [0.15, 0.2) is 0 Å². The number of carbonyl (C=O) groups is 1. The maximum absolute atomic E-state index is 10.8. The highest BCUT2D eigenvalue weighted by molar-refractivity contribution is 14.1. The van der Waals surface area contributed by atoms with Crippen LogP contribution in [0.5, 0.6) is 5.75 Å². The molecule has 0 amide bonds. The van der Waals surface area contributed by atoms with E-state index in [1.54, 1.807) is 7.11 Å². The number of methoxy groups -OCH3 is 1. The molecule has 0 N–H and O–H groups in total. The second kappa shape index (κ2) is 4.51. The van der Waals surface area contributed by atoms with Gasteiger partial charge in [-0.2, -0.15) is 0 Å². The van der Waals surface area contributed by atoms with Gasteiger partial charge in [0.2, 0.25) is 0 Å². The summed E-state index contributed by atoms with van der Waals surface area (Å²) in [5, 5.41) is 0. The van der Waals surface area contributed by atoms with Crippen LogP contribution in [-0.2, 0) is 5.41 Å². The Bertz CT molecular complexity index is 378. The molecule has 3 heteroatoms. The van der Waals surface area contributed by atoms with E-state index in [1.165, 1.54) is 0 Å². The van der Waals surface area contributed by atoms with Crippen molar-refractivity contribution in [1.29, 1.82) is 0 Å². The van der Waals surface area contributed by atoms with E-state index in [0.717, 1.165) is 21.2 Å². The molecule has 0 heterocycles. The first-order valence-corrected chi connectivity index (χ1v) is 5.81. The van der Waals surface area contributed by atoms with E-state index in [4.69, 9.17) is 4.74 Å². The summed E-state index contributed by atoms with van der Waals surface area (Å²) in [6.07, 6.45) is 0.872. The quantitative estimate of drug-likeness (QED) is 0.617. The second-order valence-electron chi connectivity index (χ2n) is 4.45. The molecule has 0 radical (unpaired) electrons. The largest absolute Gasteiger partial charge is 0.495 e. The molecule has 0 saturated carbocycles. The molecule has 1 aromatic rings. The number of ether oxygens (including phenoxy) is 1. The highest BCUT2D eigenvalue weighted by Gasteiger charge is 2.21. The first kappa shape index (κ1) is 12.5. The second-order valence-corrected chi connectivity index (χ2v) is 5.61. The molecule has 0 saturated heterocycles. The molecule has 0 aromatic heterocycles. The molecule has 2 nitrogen and oxygen atoms in total. The predicted octanol–water partition coefficient (Wildman–Crippen LogP) is 3.41. The van der Waals surface area contributed by atoms with Crippen molar-refractivity contribution in [2.45, 2.75) is 26.2 Å². The van der Waals surface area contributed by atoms with Crippen LogP contribution >= 0.6 is 22.6 Å². The fraction of sp³-hybridized carbons (Fsp3) is 0.417. The fourth-order valence-corrected chi connectivity index (χ4v) is 2.32. The van der Waals surface area contributed by atoms with Gasteiger partial charge >= 0.3 is 0 Å². The number of hydrogen-bond donors (Lipinski definition) is 0. The van der Waals surface area contributed by atoms with Gasteiger partial charge in [-0.15, -0.1) is 0 Å². The Hall–Kier alpha value is -0.580. The molecule has 0 atom stereocenters. The van der Waals surface area contributed by atoms with Crippen molar-refractivity contribution in [1.82, 2.24) is 0 Å². The third-order valence-electron chi connectivity index (χ3n) is 2.21. The van der Waals surface area contributed by atoms with Crippen LogP contribution in [0.2, 0.25) is 0 Å². The van der Waals surface area contributed by atoms with Crippen molar-refractivity contribution in [2.75, 3.05) is 7.11 Å². The van der Waals surface area contributed by atoms with E-state index >= 15 is 0 Å². The molecule has 0 fully saturated rings. The van der Waals surface area contributed by atoms with Crippen LogP contribution in [0, 0.1) is 3.57 Å². The number of rotatable bonds is 2. The maximum Gasteiger partial charge on any atom is 0.150 e. The van der Waals surface area contributed by atoms with E-state index in [-0.39, 0.29) is 5.41 Å². The minimum Gasteiger partial charge on any atom is -0.495 e. The van der Waals surface area contributed by atoms with Crippen molar-refractivity contribution in [3.8, 4) is 5.75 Å². The van der Waals surface area contributed by atoms with Crippen molar-refractivity contribution >= 4 is 28.9 Å². The van der Waals surface area contributed by atoms with Crippen LogP contribution < -0.4 is 4.74 Å². The Morgan fingerprint density at radius 1 is 1.33 bits per heavy atom. The van der Waals surface area contributed by atoms with Crippen molar-refractivity contribution in [3.05, 3.63) is 26.8 Å². The first-order chi connectivity index (χ1) is 6.90. The van der Waals surface area contributed by atoms with Crippen LogP contribution in [0.25, 0.3) is 0 Å². The summed E-state index contributed by atoms with van der Waals surface area (Å²) in [5.41, 5.74) is 1.74. The smallest absolute Gasteiger partial charge is 0.150 e. The lowest BCUT2D eigenvalue weighted by molar-refractivity contribution is 0.112. The fourth-order valence-electron chi connectivity index (χ4n) is 1.45. The molecule has 0 aliphatic rings. The summed E-state index contributed by atoms with van der Waals surface area (Å²) in [6, 6.07) is 3.73. The Kier molecular flexibility index (Phi) is 3.76. The summed E-state index contributed by atoms with van der Waals surface area (Å²) >= 11 is 2.19. The van der Waals surface area contributed by atoms with Crippen LogP contribution in [0.15, 0.2) is 12.1 Å². The van der Waals surface area contributed by atoms with E-state index in [1.807, 2.05) is 12.1 Å². The molecule has 0 unspecified atom stereocenters. The minimum atomic E-state index is -0.0235. The van der Waals surface area contributed by atoms with Gasteiger partial charge in [-0.1, -0.05) is 20.8 Å². The summed E-state index contributed by atoms with van der Waals surface area (Å²) in [7, 11) is 1.66. The van der Waals surface area contributed by atoms with Crippen LogP contribution in [-0.4, -0.2) is 13.4 Å². The molecule has 0 spiro atoms. The maximum atomic E-state index is 10.8. The van der Waals surface area contributed by atoms with Gasteiger partial charge in [0.05, 0.1) is 10.7 Å². The zero-order valence-corrected chi connectivity index (χ0v) is 11.6. The molecule has 0 aliphatic carbocycles. The first-order valence-electron chi connectivity index (χ1n) is 4.73. The third-order valence-corrected chi connectivity index (χ3v) is 3.02. The highest BCUT2D eigenvalue weighted by Crippen LogP contribution is 2.35. The number of hydrogen-bond acceptors (Lipinski definition) is 2. The van der Waals surface area contributed by atoms with E-state index < -0.39 is 0 Å². The summed E-state index contributed by atoms with van der Waals surface area (Å²) in [4.78, 5) is 10.8. The van der Waals surface area contributed by atoms with Crippen LogP contribution in [0.4, 0.5) is 0 Å². The van der Waals surface area contributed by atoms with Gasteiger partial charge in [-0.05, 0) is 40.1 Å². The molecule has 15 heavy (non-hydrogen) atoms. The van der Waals surface area contributed by atoms with E-state index in [2.05, 4.69) is 43.4 Å². The van der Waals surface area contributed by atoms with Crippen LogP contribution in [0.3, 0.4) is 0 Å². The number of benzene rings is 1. The zero-order valence-electron chi connectivity index (χ0n) is 9.43. The molecular weight excluding hydrogens is 303 g/mol. The lowest BCUT2D eigenvalue weighted by atomic mass is 9.85. The SMILES string of the molecule is COc1c(I)cc(C=O)cc1C(C)(C)C. The Balaban J connectivity index is 3.45. The van der Waals surface area contributed by atoms with Crippen molar-refractivity contribution < 1.29 is 9.53 Å². The summed E-state index contributed by atoms with van der Waals surface area (Å²) in [6.45, 7) is 6.32. The molecule has 0 bridgehead atoms. The summed E-state index contributed by atoms with van der Waals surface area (Å²) in [5.74, 6) is 0.869. The number of halogens is 1. The Labute approximate surface area is 104 Å². The minimum absolute atomic E-state index is 0.0235.